The summed E-state index contributed by atoms with van der Waals surface area (Å²) in [6.07, 6.45) is 2.54. The van der Waals surface area contributed by atoms with E-state index in [1.807, 2.05) is 6.07 Å². The molecule has 0 aliphatic heterocycles. The fourth-order valence-electron chi connectivity index (χ4n) is 3.73. The van der Waals surface area contributed by atoms with Gasteiger partial charge in [-0.25, -0.2) is 14.4 Å². The van der Waals surface area contributed by atoms with Crippen LogP contribution in [-0.2, 0) is 28.9 Å². The average molecular weight is 442 g/mol. The lowest BCUT2D eigenvalue weighted by Gasteiger charge is -2.16. The van der Waals surface area contributed by atoms with Crippen LogP contribution in [0.5, 0.6) is 0 Å². The zero-order valence-electron chi connectivity index (χ0n) is 17.4. The molecule has 1 N–H and O–H groups in total. The van der Waals surface area contributed by atoms with Crippen molar-refractivity contribution < 1.29 is 23.5 Å². The fourth-order valence-corrected chi connectivity index (χ4v) is 4.84. The number of carbonyl (C=O) groups is 2. The lowest BCUT2D eigenvalue weighted by atomic mass is 9.90. The van der Waals surface area contributed by atoms with Gasteiger partial charge in [-0.15, -0.1) is 11.3 Å². The second kappa shape index (κ2) is 8.93. The van der Waals surface area contributed by atoms with Crippen molar-refractivity contribution in [1.82, 2.24) is 0 Å². The van der Waals surface area contributed by atoms with E-state index in [0.717, 1.165) is 19.3 Å². The second-order valence-electron chi connectivity index (χ2n) is 7.63. The van der Waals surface area contributed by atoms with Crippen LogP contribution in [0.4, 0.5) is 10.5 Å². The number of nitrogens with one attached hydrogen (secondary N) is 1. The van der Waals surface area contributed by atoms with Gasteiger partial charge >= 0.3 is 17.7 Å². The summed E-state index contributed by atoms with van der Waals surface area (Å²) < 4.78 is 15.6. The third-order valence-electron chi connectivity index (χ3n) is 5.24. The maximum atomic E-state index is 12.6. The van der Waals surface area contributed by atoms with Crippen LogP contribution in [0.15, 0.2) is 39.5 Å². The number of hydrogen-bond donors (Lipinski definition) is 1. The molecular weight excluding hydrogens is 418 g/mol. The minimum absolute atomic E-state index is 0.0510. The van der Waals surface area contributed by atoms with Crippen molar-refractivity contribution in [3.63, 3.8) is 0 Å². The first-order valence-electron chi connectivity index (χ1n) is 10.2. The Balaban J connectivity index is 1.51. The number of aryl methyl sites for hydroxylation is 1. The van der Waals surface area contributed by atoms with E-state index in [0.29, 0.717) is 27.4 Å². The molecule has 0 radical (unpaired) electrons. The highest BCUT2D eigenvalue weighted by atomic mass is 32.1. The van der Waals surface area contributed by atoms with Gasteiger partial charge in [-0.2, -0.15) is 0 Å². The molecule has 0 fully saturated rings. The van der Waals surface area contributed by atoms with Gasteiger partial charge in [-0.1, -0.05) is 6.92 Å². The molecule has 0 bridgehead atoms. The van der Waals surface area contributed by atoms with Gasteiger partial charge in [0.25, 0.3) is 0 Å². The molecule has 7 nitrogen and oxygen atoms in total. The monoisotopic (exact) mass is 441 g/mol. The lowest BCUT2D eigenvalue weighted by molar-refractivity contribution is 0.0479. The highest BCUT2D eigenvalue weighted by Crippen LogP contribution is 2.32. The molecule has 0 saturated heterocycles. The van der Waals surface area contributed by atoms with Crippen molar-refractivity contribution in [2.45, 2.75) is 39.7 Å². The molecule has 1 atom stereocenters. The fraction of sp³-hybridized carbons (Fsp3) is 0.348. The SMILES string of the molecule is CCOC(=O)Nc1ccc2c(COC(=O)c3cc4c(s3)CCC(C)C4)cc(=O)oc2c1. The Morgan fingerprint density at radius 2 is 2.06 bits per heavy atom. The molecule has 2 aromatic heterocycles. The van der Waals surface area contributed by atoms with Gasteiger partial charge in [0.05, 0.1) is 6.61 Å². The van der Waals surface area contributed by atoms with Crippen molar-refractivity contribution in [2.24, 2.45) is 5.92 Å². The summed E-state index contributed by atoms with van der Waals surface area (Å²) in [5.41, 5.74) is 1.93. The molecular formula is C23H23NO6S. The second-order valence-corrected chi connectivity index (χ2v) is 8.77. The molecule has 1 aliphatic carbocycles. The van der Waals surface area contributed by atoms with Crippen LogP contribution in [-0.4, -0.2) is 18.7 Å². The van der Waals surface area contributed by atoms with Crippen molar-refractivity contribution in [3.05, 3.63) is 61.6 Å². The van der Waals surface area contributed by atoms with E-state index < -0.39 is 17.7 Å². The molecule has 31 heavy (non-hydrogen) atoms. The number of thiophene rings is 1. The van der Waals surface area contributed by atoms with Crippen LogP contribution in [0.1, 0.15) is 45.9 Å². The molecule has 8 heteroatoms. The Morgan fingerprint density at radius 3 is 2.87 bits per heavy atom. The Morgan fingerprint density at radius 1 is 1.23 bits per heavy atom. The molecule has 3 aromatic rings. The van der Waals surface area contributed by atoms with Crippen LogP contribution in [0, 0.1) is 5.92 Å². The first-order valence-corrected chi connectivity index (χ1v) is 11.0. The van der Waals surface area contributed by atoms with E-state index in [4.69, 9.17) is 13.9 Å². The molecule has 2 heterocycles. The minimum atomic E-state index is -0.595. The number of fused-ring (bicyclic) bond motifs is 2. The van der Waals surface area contributed by atoms with Gasteiger partial charge < -0.3 is 13.9 Å². The Labute approximate surface area is 183 Å². The third kappa shape index (κ3) is 4.80. The number of anilines is 1. The van der Waals surface area contributed by atoms with Crippen LogP contribution in [0.25, 0.3) is 11.0 Å². The summed E-state index contributed by atoms with van der Waals surface area (Å²) in [5, 5.41) is 3.19. The van der Waals surface area contributed by atoms with Crippen LogP contribution in [0.2, 0.25) is 0 Å². The van der Waals surface area contributed by atoms with E-state index >= 15 is 0 Å². The molecule has 1 aliphatic rings. The number of carbonyl (C=O) groups excluding carboxylic acids is 2. The number of amides is 1. The summed E-state index contributed by atoms with van der Waals surface area (Å²) in [5.74, 6) is 0.234. The summed E-state index contributed by atoms with van der Waals surface area (Å²) in [7, 11) is 0. The Kier molecular flexibility index (Phi) is 6.08. The topological polar surface area (TPSA) is 94.8 Å². The number of rotatable bonds is 5. The van der Waals surface area contributed by atoms with Crippen LogP contribution in [0.3, 0.4) is 0 Å². The number of esters is 1. The van der Waals surface area contributed by atoms with Gasteiger partial charge in [-0.3, -0.25) is 5.32 Å². The lowest BCUT2D eigenvalue weighted by Crippen LogP contribution is -2.13. The molecule has 1 amide bonds. The molecule has 1 unspecified atom stereocenters. The van der Waals surface area contributed by atoms with E-state index in [1.54, 1.807) is 19.1 Å². The van der Waals surface area contributed by atoms with E-state index in [1.165, 1.54) is 33.9 Å². The molecule has 162 valence electrons. The number of ether oxygens (including phenoxy) is 2. The van der Waals surface area contributed by atoms with Crippen molar-refractivity contribution in [3.8, 4) is 0 Å². The largest absolute Gasteiger partial charge is 0.457 e. The Bertz CT molecular complexity index is 1190. The van der Waals surface area contributed by atoms with Crippen molar-refractivity contribution in [2.75, 3.05) is 11.9 Å². The first kappa shape index (κ1) is 21.1. The predicted molar refractivity (Wildman–Crippen MR) is 118 cm³/mol. The van der Waals surface area contributed by atoms with Gasteiger partial charge in [-0.05, 0) is 55.9 Å². The smallest absolute Gasteiger partial charge is 0.411 e. The van der Waals surface area contributed by atoms with Crippen LogP contribution >= 0.6 is 11.3 Å². The molecule has 0 spiro atoms. The predicted octanol–water partition coefficient (Wildman–Crippen LogP) is 4.90. The third-order valence-corrected chi connectivity index (χ3v) is 6.46. The van der Waals surface area contributed by atoms with Crippen molar-refractivity contribution in [1.29, 1.82) is 0 Å². The minimum Gasteiger partial charge on any atom is -0.457 e. The van der Waals surface area contributed by atoms with Gasteiger partial charge in [0, 0.05) is 33.6 Å². The zero-order valence-corrected chi connectivity index (χ0v) is 18.2. The zero-order chi connectivity index (χ0) is 22.0. The summed E-state index contributed by atoms with van der Waals surface area (Å²) in [6.45, 7) is 4.12. The first-order chi connectivity index (χ1) is 14.9. The normalized spacial score (nSPS) is 15.4. The van der Waals surface area contributed by atoms with Gasteiger partial charge in [0.2, 0.25) is 0 Å². The van der Waals surface area contributed by atoms with Gasteiger partial charge in [0.15, 0.2) is 0 Å². The summed E-state index contributed by atoms with van der Waals surface area (Å²) in [6, 6.07) is 8.15. The number of benzene rings is 1. The van der Waals surface area contributed by atoms with E-state index in [9.17, 15) is 14.4 Å². The van der Waals surface area contributed by atoms with Crippen LogP contribution < -0.4 is 10.9 Å². The van der Waals surface area contributed by atoms with Gasteiger partial charge in [0.1, 0.15) is 17.1 Å². The molecule has 0 saturated carbocycles. The molecule has 1 aromatic carbocycles. The quantitative estimate of drug-likeness (QED) is 0.447. The highest BCUT2D eigenvalue weighted by Gasteiger charge is 2.21. The summed E-state index contributed by atoms with van der Waals surface area (Å²) >= 11 is 1.49. The summed E-state index contributed by atoms with van der Waals surface area (Å²) in [4.78, 5) is 38.1. The van der Waals surface area contributed by atoms with E-state index in [-0.39, 0.29) is 18.8 Å². The Hall–Kier alpha value is -3.13. The highest BCUT2D eigenvalue weighted by molar-refractivity contribution is 7.14. The average Bonchev–Trinajstić information content (AvgIpc) is 3.15. The van der Waals surface area contributed by atoms with E-state index in [2.05, 4.69) is 12.2 Å². The maximum Gasteiger partial charge on any atom is 0.411 e. The molecule has 4 rings (SSSR count). The number of hydrogen-bond acceptors (Lipinski definition) is 7. The standard InChI is InChI=1S/C23H23NO6S/c1-3-28-23(27)24-16-5-6-17-15(10-21(25)30-18(17)11-16)12-29-22(26)20-9-14-8-13(2)4-7-19(14)31-20/h5-6,9-11,13H,3-4,7-8,12H2,1-2H3,(H,24,27). The van der Waals surface area contributed by atoms with Crippen molar-refractivity contribution >= 4 is 40.1 Å². The maximum absolute atomic E-state index is 12.6.